The Kier molecular flexibility index (Phi) is 4.99. The zero-order valence-electron chi connectivity index (χ0n) is 14.9. The number of piperidine rings is 1. The first kappa shape index (κ1) is 16.6. The molecular formula is C21H27N3O. The van der Waals surface area contributed by atoms with E-state index in [1.165, 1.54) is 17.7 Å². The fourth-order valence-corrected chi connectivity index (χ4v) is 4.05. The number of hydrogen-bond acceptors (Lipinski definition) is 4. The van der Waals surface area contributed by atoms with Crippen molar-refractivity contribution in [3.8, 4) is 5.75 Å². The average Bonchev–Trinajstić information content (AvgIpc) is 3.05. The Bertz CT molecular complexity index is 666. The summed E-state index contributed by atoms with van der Waals surface area (Å²) in [5.41, 5.74) is 2.51. The van der Waals surface area contributed by atoms with E-state index in [0.717, 1.165) is 38.3 Å². The zero-order chi connectivity index (χ0) is 17.1. The van der Waals surface area contributed by atoms with Crippen LogP contribution in [0.4, 0.5) is 0 Å². The highest BCUT2D eigenvalue weighted by molar-refractivity contribution is 5.37. The van der Waals surface area contributed by atoms with Crippen LogP contribution in [0, 0.1) is 5.92 Å². The van der Waals surface area contributed by atoms with Gasteiger partial charge in [0.15, 0.2) is 0 Å². The van der Waals surface area contributed by atoms with Crippen molar-refractivity contribution in [2.45, 2.75) is 38.5 Å². The van der Waals surface area contributed by atoms with Crippen molar-refractivity contribution in [1.82, 2.24) is 15.2 Å². The van der Waals surface area contributed by atoms with E-state index in [9.17, 15) is 0 Å². The minimum Gasteiger partial charge on any atom is -0.488 e. The second-order valence-corrected chi connectivity index (χ2v) is 7.39. The maximum Gasteiger partial charge on any atom is 0.123 e. The summed E-state index contributed by atoms with van der Waals surface area (Å²) in [4.78, 5) is 6.97. The van der Waals surface area contributed by atoms with Gasteiger partial charge in [0.1, 0.15) is 11.9 Å². The lowest BCUT2D eigenvalue weighted by Gasteiger charge is -2.37. The molecule has 0 spiro atoms. The number of pyridine rings is 1. The summed E-state index contributed by atoms with van der Waals surface area (Å²) < 4.78 is 6.05. The first-order valence-electron chi connectivity index (χ1n) is 9.38. The molecule has 0 saturated carbocycles. The van der Waals surface area contributed by atoms with Gasteiger partial charge in [0.05, 0.1) is 5.69 Å². The Morgan fingerprint density at radius 3 is 2.88 bits per heavy atom. The Balaban J connectivity index is 1.24. The van der Waals surface area contributed by atoms with Crippen LogP contribution in [0.25, 0.3) is 0 Å². The van der Waals surface area contributed by atoms with Crippen molar-refractivity contribution in [3.63, 3.8) is 0 Å². The standard InChI is InChI=1S/C21H27N3O/c1-16-14-24(15-18-7-4-5-10-22-18)11-9-20(16)23-13-19-12-17-6-2-3-8-21(17)25-19/h2-8,10,16,19-20,23H,9,11-15H2,1H3. The number of likely N-dealkylation sites (tertiary alicyclic amines) is 1. The van der Waals surface area contributed by atoms with Crippen LogP contribution in [0.2, 0.25) is 0 Å². The van der Waals surface area contributed by atoms with Gasteiger partial charge in [-0.25, -0.2) is 0 Å². The zero-order valence-corrected chi connectivity index (χ0v) is 14.9. The number of para-hydroxylation sites is 1. The van der Waals surface area contributed by atoms with Crippen LogP contribution in [0.15, 0.2) is 48.7 Å². The predicted molar refractivity (Wildman–Crippen MR) is 99.6 cm³/mol. The molecule has 3 atom stereocenters. The molecule has 0 aliphatic carbocycles. The summed E-state index contributed by atoms with van der Waals surface area (Å²) in [5.74, 6) is 1.70. The Labute approximate surface area is 150 Å². The lowest BCUT2D eigenvalue weighted by Crippen LogP contribution is -2.50. The molecule has 2 aliphatic heterocycles. The van der Waals surface area contributed by atoms with Gasteiger partial charge in [-0.2, -0.15) is 0 Å². The van der Waals surface area contributed by atoms with E-state index in [0.29, 0.717) is 12.0 Å². The molecule has 2 aromatic rings. The predicted octanol–water partition coefficient (Wildman–Crippen LogP) is 2.89. The fraction of sp³-hybridized carbons (Fsp3) is 0.476. The lowest BCUT2D eigenvalue weighted by atomic mass is 9.93. The molecule has 1 saturated heterocycles. The van der Waals surface area contributed by atoms with E-state index >= 15 is 0 Å². The molecule has 3 unspecified atom stereocenters. The number of fused-ring (bicyclic) bond motifs is 1. The summed E-state index contributed by atoms with van der Waals surface area (Å²) in [5, 5.41) is 3.77. The SMILES string of the molecule is CC1CN(Cc2ccccn2)CCC1NCC1Cc2ccccc2O1. The van der Waals surface area contributed by atoms with Crippen LogP contribution in [0.1, 0.15) is 24.6 Å². The van der Waals surface area contributed by atoms with E-state index in [-0.39, 0.29) is 6.10 Å². The minimum absolute atomic E-state index is 0.274. The molecule has 1 aromatic heterocycles. The summed E-state index contributed by atoms with van der Waals surface area (Å²) in [6, 6.07) is 15.1. The fourth-order valence-electron chi connectivity index (χ4n) is 4.05. The average molecular weight is 337 g/mol. The third-order valence-electron chi connectivity index (χ3n) is 5.42. The van der Waals surface area contributed by atoms with Crippen LogP contribution in [0.5, 0.6) is 5.75 Å². The largest absolute Gasteiger partial charge is 0.488 e. The maximum absolute atomic E-state index is 6.05. The highest BCUT2D eigenvalue weighted by Gasteiger charge is 2.28. The van der Waals surface area contributed by atoms with Gasteiger partial charge < -0.3 is 10.1 Å². The molecule has 4 rings (SSSR count). The van der Waals surface area contributed by atoms with E-state index < -0.39 is 0 Å². The molecular weight excluding hydrogens is 310 g/mol. The topological polar surface area (TPSA) is 37.4 Å². The number of benzene rings is 1. The van der Waals surface area contributed by atoms with E-state index in [1.807, 2.05) is 18.3 Å². The maximum atomic E-state index is 6.05. The van der Waals surface area contributed by atoms with Gasteiger partial charge in [-0.05, 0) is 36.1 Å². The molecule has 132 valence electrons. The smallest absolute Gasteiger partial charge is 0.123 e. The van der Waals surface area contributed by atoms with Crippen LogP contribution in [-0.4, -0.2) is 41.7 Å². The van der Waals surface area contributed by atoms with E-state index in [2.05, 4.69) is 52.5 Å². The molecule has 1 fully saturated rings. The van der Waals surface area contributed by atoms with Crippen molar-refractivity contribution in [3.05, 3.63) is 59.9 Å². The second-order valence-electron chi connectivity index (χ2n) is 7.39. The normalized spacial score (nSPS) is 26.2. The first-order valence-corrected chi connectivity index (χ1v) is 9.38. The molecule has 0 bridgehead atoms. The number of aromatic nitrogens is 1. The van der Waals surface area contributed by atoms with Gasteiger partial charge in [-0.15, -0.1) is 0 Å². The summed E-state index contributed by atoms with van der Waals surface area (Å²) in [7, 11) is 0. The second kappa shape index (κ2) is 7.54. The highest BCUT2D eigenvalue weighted by Crippen LogP contribution is 2.28. The molecule has 1 aromatic carbocycles. The van der Waals surface area contributed by atoms with Gasteiger partial charge in [-0.1, -0.05) is 31.2 Å². The molecule has 0 radical (unpaired) electrons. The van der Waals surface area contributed by atoms with Crippen molar-refractivity contribution in [2.75, 3.05) is 19.6 Å². The number of rotatable bonds is 5. The van der Waals surface area contributed by atoms with Crippen LogP contribution in [0.3, 0.4) is 0 Å². The van der Waals surface area contributed by atoms with Gasteiger partial charge in [0.2, 0.25) is 0 Å². The van der Waals surface area contributed by atoms with Crippen molar-refractivity contribution < 1.29 is 4.74 Å². The molecule has 4 heteroatoms. The molecule has 0 amide bonds. The van der Waals surface area contributed by atoms with Crippen molar-refractivity contribution in [2.24, 2.45) is 5.92 Å². The van der Waals surface area contributed by atoms with Gasteiger partial charge >= 0.3 is 0 Å². The third-order valence-corrected chi connectivity index (χ3v) is 5.42. The van der Waals surface area contributed by atoms with Gasteiger partial charge in [0, 0.05) is 44.8 Å². The first-order chi connectivity index (χ1) is 12.3. The molecule has 4 nitrogen and oxygen atoms in total. The quantitative estimate of drug-likeness (QED) is 0.910. The Morgan fingerprint density at radius 2 is 2.08 bits per heavy atom. The minimum atomic E-state index is 0.274. The molecule has 3 heterocycles. The Morgan fingerprint density at radius 1 is 1.20 bits per heavy atom. The third kappa shape index (κ3) is 4.02. The molecule has 2 aliphatic rings. The Hall–Kier alpha value is -1.91. The highest BCUT2D eigenvalue weighted by atomic mass is 16.5. The van der Waals surface area contributed by atoms with Crippen molar-refractivity contribution in [1.29, 1.82) is 0 Å². The number of nitrogens with zero attached hydrogens (tertiary/aromatic N) is 2. The van der Waals surface area contributed by atoms with Gasteiger partial charge in [0.25, 0.3) is 0 Å². The summed E-state index contributed by atoms with van der Waals surface area (Å²) in [6.07, 6.45) is 4.37. The summed E-state index contributed by atoms with van der Waals surface area (Å²) in [6.45, 7) is 6.50. The number of ether oxygens (including phenoxy) is 1. The molecule has 25 heavy (non-hydrogen) atoms. The van der Waals surface area contributed by atoms with Crippen LogP contribution < -0.4 is 10.1 Å². The molecule has 1 N–H and O–H groups in total. The monoisotopic (exact) mass is 337 g/mol. The van der Waals surface area contributed by atoms with E-state index in [4.69, 9.17) is 4.74 Å². The number of hydrogen-bond donors (Lipinski definition) is 1. The van der Waals surface area contributed by atoms with Crippen molar-refractivity contribution >= 4 is 0 Å². The van der Waals surface area contributed by atoms with E-state index in [1.54, 1.807) is 0 Å². The van der Waals surface area contributed by atoms with Gasteiger partial charge in [-0.3, -0.25) is 9.88 Å². The summed E-state index contributed by atoms with van der Waals surface area (Å²) >= 11 is 0. The lowest BCUT2D eigenvalue weighted by molar-refractivity contribution is 0.129. The van der Waals surface area contributed by atoms with Crippen LogP contribution >= 0.6 is 0 Å². The van der Waals surface area contributed by atoms with Crippen LogP contribution in [-0.2, 0) is 13.0 Å². The number of nitrogens with one attached hydrogen (secondary N) is 1.